The number of halogens is 2. The van der Waals surface area contributed by atoms with Crippen molar-refractivity contribution in [1.29, 1.82) is 0 Å². The molecule has 1 fully saturated rings. The van der Waals surface area contributed by atoms with Crippen molar-refractivity contribution in [3.8, 4) is 0 Å². The van der Waals surface area contributed by atoms with Crippen molar-refractivity contribution in [2.24, 2.45) is 5.92 Å². The summed E-state index contributed by atoms with van der Waals surface area (Å²) in [7, 11) is 0. The van der Waals surface area contributed by atoms with Gasteiger partial charge in [-0.2, -0.15) is 0 Å². The number of aromatic nitrogens is 3. The van der Waals surface area contributed by atoms with Gasteiger partial charge in [-0.15, -0.1) is 16.8 Å². The molecule has 178 valence electrons. The molecule has 0 saturated heterocycles. The molecule has 1 aliphatic carbocycles. The minimum Gasteiger partial charge on any atom is -0.353 e. The van der Waals surface area contributed by atoms with E-state index in [1.54, 1.807) is 18.2 Å². The van der Waals surface area contributed by atoms with Crippen LogP contribution in [0, 0.1) is 5.92 Å². The standard InChI is InChI=1S/C23H29Cl2N5O2S/c1-4-11-30-21(28-29-23(30)33-13-19(31)26-16-7-5-6-8-16)20(14(2)3)27-22(32)17-10-9-15(24)12-18(17)25/h4,9-10,12,14,16,20H,1,5-8,11,13H2,2-3H3,(H,26,31)(H,27,32)/t20-/m1/s1. The van der Waals surface area contributed by atoms with Crippen molar-refractivity contribution in [1.82, 2.24) is 25.4 Å². The summed E-state index contributed by atoms with van der Waals surface area (Å²) in [5.41, 5.74) is 0.333. The summed E-state index contributed by atoms with van der Waals surface area (Å²) >= 11 is 13.5. The fourth-order valence-corrected chi connectivity index (χ4v) is 5.09. The average Bonchev–Trinajstić information content (AvgIpc) is 3.40. The first-order chi connectivity index (χ1) is 15.8. The highest BCUT2D eigenvalue weighted by atomic mass is 35.5. The monoisotopic (exact) mass is 509 g/mol. The van der Waals surface area contributed by atoms with E-state index in [0.29, 0.717) is 28.1 Å². The molecule has 2 N–H and O–H groups in total. The van der Waals surface area contributed by atoms with Gasteiger partial charge in [-0.1, -0.05) is 67.7 Å². The van der Waals surface area contributed by atoms with Gasteiger partial charge in [-0.05, 0) is 37.0 Å². The summed E-state index contributed by atoms with van der Waals surface area (Å²) in [6, 6.07) is 4.61. The van der Waals surface area contributed by atoms with Crippen molar-refractivity contribution in [3.05, 3.63) is 52.3 Å². The molecule has 33 heavy (non-hydrogen) atoms. The molecule has 2 aromatic rings. The van der Waals surface area contributed by atoms with E-state index in [0.717, 1.165) is 12.8 Å². The highest BCUT2D eigenvalue weighted by Gasteiger charge is 2.27. The second-order valence-electron chi connectivity index (χ2n) is 8.40. The Morgan fingerprint density at radius 1 is 1.27 bits per heavy atom. The van der Waals surface area contributed by atoms with E-state index in [9.17, 15) is 9.59 Å². The Morgan fingerprint density at radius 2 is 2.00 bits per heavy atom. The Bertz CT molecular complexity index is 1000. The predicted octanol–water partition coefficient (Wildman–Crippen LogP) is 5.05. The van der Waals surface area contributed by atoms with E-state index in [1.807, 2.05) is 18.4 Å². The van der Waals surface area contributed by atoms with Gasteiger partial charge in [0.05, 0.1) is 22.4 Å². The van der Waals surface area contributed by atoms with Crippen LogP contribution in [-0.4, -0.2) is 38.4 Å². The smallest absolute Gasteiger partial charge is 0.253 e. The first kappa shape index (κ1) is 25.6. The van der Waals surface area contributed by atoms with Crippen LogP contribution in [0.25, 0.3) is 0 Å². The Hall–Kier alpha value is -2.03. The summed E-state index contributed by atoms with van der Waals surface area (Å²) < 4.78 is 1.88. The lowest BCUT2D eigenvalue weighted by molar-refractivity contribution is -0.119. The van der Waals surface area contributed by atoms with Crippen LogP contribution in [0.2, 0.25) is 10.0 Å². The van der Waals surface area contributed by atoms with E-state index in [-0.39, 0.29) is 34.5 Å². The zero-order chi connectivity index (χ0) is 24.0. The van der Waals surface area contributed by atoms with Crippen LogP contribution in [-0.2, 0) is 11.3 Å². The number of thioether (sulfide) groups is 1. The first-order valence-corrected chi connectivity index (χ1v) is 12.8. The third kappa shape index (κ3) is 6.74. The maximum absolute atomic E-state index is 12.9. The zero-order valence-electron chi connectivity index (χ0n) is 18.8. The van der Waals surface area contributed by atoms with Crippen molar-refractivity contribution in [2.45, 2.75) is 63.3 Å². The predicted molar refractivity (Wildman–Crippen MR) is 133 cm³/mol. The minimum atomic E-state index is -0.418. The molecule has 1 aliphatic rings. The second-order valence-corrected chi connectivity index (χ2v) is 10.2. The van der Waals surface area contributed by atoms with Gasteiger partial charge in [0, 0.05) is 17.6 Å². The van der Waals surface area contributed by atoms with Crippen molar-refractivity contribution in [3.63, 3.8) is 0 Å². The quantitative estimate of drug-likeness (QED) is 0.345. The van der Waals surface area contributed by atoms with E-state index in [1.165, 1.54) is 30.7 Å². The number of rotatable bonds is 10. The molecule has 1 atom stereocenters. The normalized spacial score (nSPS) is 14.9. The molecule has 3 rings (SSSR count). The summed E-state index contributed by atoms with van der Waals surface area (Å²) in [5.74, 6) is 0.546. The van der Waals surface area contributed by atoms with Gasteiger partial charge in [0.1, 0.15) is 0 Å². The molecule has 0 spiro atoms. The molecular weight excluding hydrogens is 481 g/mol. The molecule has 0 aliphatic heterocycles. The number of hydrogen-bond donors (Lipinski definition) is 2. The SMILES string of the molecule is C=CCn1c(SCC(=O)NC2CCCC2)nnc1[C@H](NC(=O)c1ccc(Cl)cc1Cl)C(C)C. The highest BCUT2D eigenvalue weighted by Crippen LogP contribution is 2.27. The average molecular weight is 510 g/mol. The van der Waals surface area contributed by atoms with Gasteiger partial charge < -0.3 is 15.2 Å². The maximum Gasteiger partial charge on any atom is 0.253 e. The third-order valence-corrected chi connectivity index (χ3v) is 7.03. The van der Waals surface area contributed by atoms with E-state index < -0.39 is 6.04 Å². The Morgan fingerprint density at radius 3 is 2.64 bits per heavy atom. The molecular formula is C23H29Cl2N5O2S. The Kier molecular flexibility index (Phi) is 9.23. The van der Waals surface area contributed by atoms with Crippen molar-refractivity contribution >= 4 is 46.8 Å². The van der Waals surface area contributed by atoms with Gasteiger partial charge in [-0.25, -0.2) is 0 Å². The number of benzene rings is 1. The fraction of sp³-hybridized carbons (Fsp3) is 0.478. The minimum absolute atomic E-state index is 0.00676. The number of amides is 2. The molecule has 1 saturated carbocycles. The molecule has 10 heteroatoms. The number of allylic oxidation sites excluding steroid dienone is 1. The lowest BCUT2D eigenvalue weighted by Crippen LogP contribution is -2.34. The number of nitrogens with one attached hydrogen (secondary N) is 2. The molecule has 2 amide bonds. The van der Waals surface area contributed by atoms with Crippen LogP contribution in [0.3, 0.4) is 0 Å². The largest absolute Gasteiger partial charge is 0.353 e. The molecule has 0 unspecified atom stereocenters. The summed E-state index contributed by atoms with van der Waals surface area (Å²) in [6.07, 6.45) is 6.16. The molecule has 0 radical (unpaired) electrons. The first-order valence-electron chi connectivity index (χ1n) is 11.0. The van der Waals surface area contributed by atoms with Crippen LogP contribution < -0.4 is 10.6 Å². The second kappa shape index (κ2) is 11.9. The molecule has 1 aromatic carbocycles. The number of hydrogen-bond acceptors (Lipinski definition) is 5. The van der Waals surface area contributed by atoms with Crippen LogP contribution in [0.15, 0.2) is 36.0 Å². The van der Waals surface area contributed by atoms with E-state index in [2.05, 4.69) is 27.4 Å². The van der Waals surface area contributed by atoms with E-state index >= 15 is 0 Å². The van der Waals surface area contributed by atoms with Gasteiger partial charge in [0.25, 0.3) is 5.91 Å². The van der Waals surface area contributed by atoms with Crippen molar-refractivity contribution in [2.75, 3.05) is 5.75 Å². The number of carbonyl (C=O) groups is 2. The number of nitrogens with zero attached hydrogens (tertiary/aromatic N) is 3. The lowest BCUT2D eigenvalue weighted by atomic mass is 10.0. The highest BCUT2D eigenvalue weighted by molar-refractivity contribution is 7.99. The van der Waals surface area contributed by atoms with Crippen LogP contribution in [0.4, 0.5) is 0 Å². The lowest BCUT2D eigenvalue weighted by Gasteiger charge is -2.23. The molecule has 7 nitrogen and oxygen atoms in total. The van der Waals surface area contributed by atoms with Gasteiger partial charge in [0.15, 0.2) is 11.0 Å². The zero-order valence-corrected chi connectivity index (χ0v) is 21.1. The molecule has 1 aromatic heterocycles. The topological polar surface area (TPSA) is 88.9 Å². The summed E-state index contributed by atoms with van der Waals surface area (Å²) in [5, 5.41) is 16.1. The Labute approximate surface area is 208 Å². The maximum atomic E-state index is 12.9. The van der Waals surface area contributed by atoms with Crippen LogP contribution >= 0.6 is 35.0 Å². The van der Waals surface area contributed by atoms with Gasteiger partial charge >= 0.3 is 0 Å². The molecule has 1 heterocycles. The molecule has 0 bridgehead atoms. The van der Waals surface area contributed by atoms with Gasteiger partial charge in [-0.3, -0.25) is 9.59 Å². The van der Waals surface area contributed by atoms with Crippen LogP contribution in [0.5, 0.6) is 0 Å². The summed E-state index contributed by atoms with van der Waals surface area (Å²) in [4.78, 5) is 25.3. The van der Waals surface area contributed by atoms with Gasteiger partial charge in [0.2, 0.25) is 5.91 Å². The third-order valence-electron chi connectivity index (χ3n) is 5.52. The van der Waals surface area contributed by atoms with Crippen molar-refractivity contribution < 1.29 is 9.59 Å². The summed E-state index contributed by atoms with van der Waals surface area (Å²) in [6.45, 7) is 8.26. The van der Waals surface area contributed by atoms with Crippen LogP contribution in [0.1, 0.15) is 61.8 Å². The fourth-order valence-electron chi connectivity index (χ4n) is 3.83. The Balaban J connectivity index is 1.75. The number of carbonyl (C=O) groups excluding carboxylic acids is 2. The van der Waals surface area contributed by atoms with E-state index in [4.69, 9.17) is 23.2 Å².